The molecule has 4 heteroatoms. The van der Waals surface area contributed by atoms with Crippen LogP contribution in [-0.2, 0) is 57.9 Å². The first-order valence-electron chi connectivity index (χ1n) is 2.36. The molecule has 1 N–H and O–H groups in total. The number of rotatable bonds is 1. The van der Waals surface area contributed by atoms with E-state index in [1.54, 1.807) is 18.3 Å². The van der Waals surface area contributed by atoms with Gasteiger partial charge in [-0.05, 0) is 0 Å². The molecule has 58 valence electrons. The molecule has 0 aliphatic carbocycles. The van der Waals surface area contributed by atoms with Gasteiger partial charge >= 0.3 is 0 Å². The summed E-state index contributed by atoms with van der Waals surface area (Å²) in [6.45, 7) is 0.0217. The Morgan fingerprint density at radius 2 is 2.18 bits per heavy atom. The van der Waals surface area contributed by atoms with Crippen molar-refractivity contribution < 1.29 is 56.4 Å². The molecule has 2 nitrogen and oxygen atoms in total. The Bertz CT molecular complexity index is 160. The zero-order chi connectivity index (χ0) is 5.82. The van der Waals surface area contributed by atoms with Crippen LogP contribution < -0.4 is 0 Å². The van der Waals surface area contributed by atoms with Gasteiger partial charge in [0, 0.05) is 57.9 Å². The molecule has 0 saturated heterocycles. The first-order chi connectivity index (χ1) is 3.93. The molecule has 0 saturated carbocycles. The van der Waals surface area contributed by atoms with Gasteiger partial charge in [-0.1, -0.05) is 12.4 Å². The second-order valence-corrected chi connectivity index (χ2v) is 1.43. The van der Waals surface area contributed by atoms with E-state index in [-0.39, 0.29) is 65.3 Å². The van der Waals surface area contributed by atoms with Crippen molar-refractivity contribution in [2.24, 2.45) is 0 Å². The summed E-state index contributed by atoms with van der Waals surface area (Å²) >= 11 is 0. The minimum Gasteiger partial charge on any atom is -0.394 e. The molecule has 1 aromatic rings. The maximum atomic E-state index is 8.47. The number of hydrogen-bond acceptors (Lipinski definition) is 2. The molecule has 1 rings (SSSR count). The monoisotopic (exact) mass is 263 g/mol. The molecule has 0 bridgehead atoms. The maximum Gasteiger partial charge on any atom is 0.0471 e. The van der Waals surface area contributed by atoms with Crippen LogP contribution in [0, 0.1) is 13.6 Å². The first kappa shape index (κ1) is 17.8. The van der Waals surface area contributed by atoms with E-state index in [0.717, 1.165) is 5.56 Å². The van der Waals surface area contributed by atoms with E-state index >= 15 is 0 Å². The molecule has 1 heterocycles. The summed E-state index contributed by atoms with van der Waals surface area (Å²) in [5.41, 5.74) is 0.729. The van der Waals surface area contributed by atoms with E-state index in [1.165, 1.54) is 0 Å². The predicted octanol–water partition coefficient (Wildman–Crippen LogP) is 0.819. The van der Waals surface area contributed by atoms with E-state index in [9.17, 15) is 0 Å². The minimum absolute atomic E-state index is 0. The fourth-order valence-electron chi connectivity index (χ4n) is 0.448. The van der Waals surface area contributed by atoms with Crippen LogP contribution in [-0.4, -0.2) is 10.1 Å². The zero-order valence-corrected chi connectivity index (χ0v) is 10.6. The maximum absolute atomic E-state index is 8.47. The second kappa shape index (κ2) is 10.8. The summed E-state index contributed by atoms with van der Waals surface area (Å²) in [4.78, 5) is 3.67. The SMILES string of the molecule is OCc1[c-]nccc1.[CH3-].[V].[Y]. The van der Waals surface area contributed by atoms with E-state index in [1.807, 2.05) is 0 Å². The molecule has 0 fully saturated rings. The second-order valence-electron chi connectivity index (χ2n) is 1.43. The topological polar surface area (TPSA) is 33.1 Å². The molecule has 0 aliphatic rings. The number of pyridine rings is 1. The normalized spacial score (nSPS) is 6.64. The van der Waals surface area contributed by atoms with Gasteiger partial charge in [0.2, 0.25) is 0 Å². The zero-order valence-electron chi connectivity index (χ0n) is 6.36. The molecule has 0 amide bonds. The predicted molar refractivity (Wildman–Crippen MR) is 35.4 cm³/mol. The van der Waals surface area contributed by atoms with Crippen molar-refractivity contribution in [3.05, 3.63) is 37.5 Å². The molecule has 1 aromatic heterocycles. The Labute approximate surface area is 105 Å². The van der Waals surface area contributed by atoms with Crippen molar-refractivity contribution in [1.29, 1.82) is 0 Å². The number of aromatic nitrogens is 1. The van der Waals surface area contributed by atoms with Crippen molar-refractivity contribution in [3.63, 3.8) is 0 Å². The van der Waals surface area contributed by atoms with Crippen LogP contribution in [0.1, 0.15) is 5.56 Å². The first-order valence-corrected chi connectivity index (χ1v) is 2.36. The van der Waals surface area contributed by atoms with Crippen molar-refractivity contribution in [1.82, 2.24) is 4.98 Å². The molecule has 0 aromatic carbocycles. The summed E-state index contributed by atoms with van der Waals surface area (Å²) in [7, 11) is 0. The van der Waals surface area contributed by atoms with Crippen LogP contribution in [0.25, 0.3) is 0 Å². The van der Waals surface area contributed by atoms with E-state index in [4.69, 9.17) is 5.11 Å². The quantitative estimate of drug-likeness (QED) is 0.761. The Morgan fingerprint density at radius 3 is 2.45 bits per heavy atom. The van der Waals surface area contributed by atoms with Gasteiger partial charge in [0.05, 0.1) is 0 Å². The summed E-state index contributed by atoms with van der Waals surface area (Å²) in [5.74, 6) is 0. The fourth-order valence-corrected chi connectivity index (χ4v) is 0.448. The third-order valence-electron chi connectivity index (χ3n) is 0.837. The summed E-state index contributed by atoms with van der Waals surface area (Å²) in [6, 6.07) is 3.54. The van der Waals surface area contributed by atoms with Crippen LogP contribution in [0.5, 0.6) is 0 Å². The van der Waals surface area contributed by atoms with E-state index in [2.05, 4.69) is 11.2 Å². The van der Waals surface area contributed by atoms with Gasteiger partial charge in [0.15, 0.2) is 0 Å². The Hall–Kier alpha value is 0.798. The van der Waals surface area contributed by atoms with Gasteiger partial charge in [-0.15, -0.1) is 5.56 Å². The molecule has 2 radical (unpaired) electrons. The number of aliphatic hydroxyl groups excluding tert-OH is 1. The average Bonchev–Trinajstić information content (AvgIpc) is 1.90. The molecule has 0 atom stereocenters. The van der Waals surface area contributed by atoms with Gasteiger partial charge in [-0.2, -0.15) is 12.1 Å². The van der Waals surface area contributed by atoms with Crippen LogP contribution >= 0.6 is 0 Å². The molecular weight excluding hydrogens is 254 g/mol. The smallest absolute Gasteiger partial charge is 0.0471 e. The van der Waals surface area contributed by atoms with Crippen LogP contribution in [0.3, 0.4) is 0 Å². The Kier molecular flexibility index (Phi) is 17.4. The van der Waals surface area contributed by atoms with E-state index in [0.29, 0.717) is 0 Å². The van der Waals surface area contributed by atoms with Gasteiger partial charge in [0.25, 0.3) is 0 Å². The van der Waals surface area contributed by atoms with Crippen LogP contribution in [0.15, 0.2) is 18.3 Å². The number of hydrogen-bond donors (Lipinski definition) is 1. The van der Waals surface area contributed by atoms with Crippen molar-refractivity contribution in [2.75, 3.05) is 0 Å². The molecule has 0 aliphatic heterocycles. The van der Waals surface area contributed by atoms with Crippen LogP contribution in [0.4, 0.5) is 0 Å². The van der Waals surface area contributed by atoms with Crippen molar-refractivity contribution in [2.45, 2.75) is 6.61 Å². The summed E-state index contributed by atoms with van der Waals surface area (Å²) in [5, 5.41) is 8.47. The third kappa shape index (κ3) is 7.17. The van der Waals surface area contributed by atoms with Gasteiger partial charge in [0.1, 0.15) is 0 Å². The van der Waals surface area contributed by atoms with Gasteiger partial charge in [-0.3, -0.25) is 0 Å². The Balaban J connectivity index is -0.000000213. The van der Waals surface area contributed by atoms with Crippen molar-refractivity contribution in [3.8, 4) is 0 Å². The molecule has 11 heavy (non-hydrogen) atoms. The van der Waals surface area contributed by atoms with Crippen LogP contribution in [0.2, 0.25) is 0 Å². The number of aliphatic hydroxyl groups is 1. The largest absolute Gasteiger partial charge is 0.394 e. The van der Waals surface area contributed by atoms with Gasteiger partial charge < -0.3 is 17.5 Å². The van der Waals surface area contributed by atoms with Gasteiger partial charge in [-0.25, -0.2) is 0 Å². The number of nitrogens with zero attached hydrogens (tertiary/aromatic N) is 1. The summed E-state index contributed by atoms with van der Waals surface area (Å²) in [6.07, 6.45) is 4.24. The standard InChI is InChI=1S/C6H6NO.CH3.V.Y/c8-5-6-2-1-3-7-4-6;;;/h1-3,8H,5H2;1H3;;/q2*-1;;. The third-order valence-corrected chi connectivity index (χ3v) is 0.837. The summed E-state index contributed by atoms with van der Waals surface area (Å²) < 4.78 is 0. The minimum atomic E-state index is 0. The average molecular weight is 263 g/mol. The van der Waals surface area contributed by atoms with E-state index < -0.39 is 0 Å². The molecular formula is C7H9NOVY-2. The molecule has 0 spiro atoms. The fraction of sp³-hybridized carbons (Fsp3) is 0.143. The molecule has 0 unspecified atom stereocenters. The Morgan fingerprint density at radius 1 is 1.55 bits per heavy atom. The van der Waals surface area contributed by atoms with Crippen molar-refractivity contribution >= 4 is 0 Å².